The van der Waals surface area contributed by atoms with Crippen LogP contribution in [0.1, 0.15) is 42.2 Å². The molecule has 4 heterocycles. The lowest BCUT2D eigenvalue weighted by Crippen LogP contribution is -2.45. The van der Waals surface area contributed by atoms with Crippen LogP contribution in [0.4, 0.5) is 17.5 Å². The van der Waals surface area contributed by atoms with E-state index in [1.807, 2.05) is 24.4 Å². The van der Waals surface area contributed by atoms with Gasteiger partial charge in [-0.3, -0.25) is 9.59 Å². The van der Waals surface area contributed by atoms with E-state index in [0.29, 0.717) is 17.5 Å². The minimum absolute atomic E-state index is 0.0226. The number of pyridine rings is 1. The predicted molar refractivity (Wildman–Crippen MR) is 130 cm³/mol. The molecule has 0 spiro atoms. The lowest BCUT2D eigenvalue weighted by Gasteiger charge is -2.33. The number of fused-ring (bicyclic) bond motifs is 1. The molecule has 10 heteroatoms. The molecule has 3 aromatic heterocycles. The SMILES string of the molecule is CN(C)C(=O)c1cc2cnc(Nc3ccc(N4CCN(C=O)CC4)cn3)nc2n1C1CCCC1. The number of carbonyl (C=O) groups is 2. The molecule has 1 aliphatic heterocycles. The van der Waals surface area contributed by atoms with Crippen molar-refractivity contribution >= 4 is 40.8 Å². The summed E-state index contributed by atoms with van der Waals surface area (Å²) in [5.74, 6) is 1.08. The van der Waals surface area contributed by atoms with Crippen molar-refractivity contribution in [1.29, 1.82) is 0 Å². The highest BCUT2D eigenvalue weighted by molar-refractivity contribution is 5.97. The van der Waals surface area contributed by atoms with Crippen molar-refractivity contribution in [2.45, 2.75) is 31.7 Å². The van der Waals surface area contributed by atoms with Crippen LogP contribution in [0, 0.1) is 0 Å². The summed E-state index contributed by atoms with van der Waals surface area (Å²) >= 11 is 0. The summed E-state index contributed by atoms with van der Waals surface area (Å²) in [4.78, 5) is 43.2. The zero-order valence-corrected chi connectivity index (χ0v) is 19.6. The van der Waals surface area contributed by atoms with E-state index in [0.717, 1.165) is 75.0 Å². The first-order valence-electron chi connectivity index (χ1n) is 11.8. The van der Waals surface area contributed by atoms with Crippen LogP contribution in [0.5, 0.6) is 0 Å². The first-order chi connectivity index (χ1) is 16.5. The maximum atomic E-state index is 12.9. The Hall–Kier alpha value is -3.69. The fraction of sp³-hybridized carbons (Fsp3) is 0.458. The summed E-state index contributed by atoms with van der Waals surface area (Å²) in [7, 11) is 3.55. The second kappa shape index (κ2) is 9.28. The molecule has 1 saturated heterocycles. The second-order valence-electron chi connectivity index (χ2n) is 9.17. The smallest absolute Gasteiger partial charge is 0.270 e. The maximum Gasteiger partial charge on any atom is 0.270 e. The molecule has 0 aromatic carbocycles. The zero-order valence-electron chi connectivity index (χ0n) is 19.6. The van der Waals surface area contributed by atoms with Crippen molar-refractivity contribution in [2.75, 3.05) is 50.5 Å². The Bertz CT molecular complexity index is 1180. The average molecular weight is 463 g/mol. The van der Waals surface area contributed by atoms with Gasteiger partial charge in [0.05, 0.1) is 11.9 Å². The van der Waals surface area contributed by atoms with Gasteiger partial charge in [0.15, 0.2) is 0 Å². The molecule has 0 radical (unpaired) electrons. The first kappa shape index (κ1) is 22.1. The number of rotatable bonds is 6. The topological polar surface area (TPSA) is 99.5 Å². The molecule has 0 atom stereocenters. The van der Waals surface area contributed by atoms with Gasteiger partial charge in [-0.2, -0.15) is 4.98 Å². The molecule has 34 heavy (non-hydrogen) atoms. The molecule has 0 bridgehead atoms. The number of nitrogens with zero attached hydrogens (tertiary/aromatic N) is 7. The van der Waals surface area contributed by atoms with Crippen LogP contribution in [-0.2, 0) is 4.79 Å². The molecule has 2 fully saturated rings. The Morgan fingerprint density at radius 1 is 1.09 bits per heavy atom. The Kier molecular flexibility index (Phi) is 6.04. The first-order valence-corrected chi connectivity index (χ1v) is 11.8. The third-order valence-corrected chi connectivity index (χ3v) is 6.71. The molecule has 2 amide bonds. The number of hydrogen-bond donors (Lipinski definition) is 1. The maximum absolute atomic E-state index is 12.9. The van der Waals surface area contributed by atoms with Crippen molar-refractivity contribution < 1.29 is 9.59 Å². The van der Waals surface area contributed by atoms with Crippen molar-refractivity contribution in [3.05, 3.63) is 36.3 Å². The summed E-state index contributed by atoms with van der Waals surface area (Å²) in [6.45, 7) is 3.02. The summed E-state index contributed by atoms with van der Waals surface area (Å²) in [5, 5.41) is 4.07. The number of piperazine rings is 1. The molecule has 2 aliphatic rings. The van der Waals surface area contributed by atoms with Gasteiger partial charge in [0.25, 0.3) is 5.91 Å². The van der Waals surface area contributed by atoms with Gasteiger partial charge in [-0.1, -0.05) is 12.8 Å². The average Bonchev–Trinajstić information content (AvgIpc) is 3.51. The third kappa shape index (κ3) is 4.27. The van der Waals surface area contributed by atoms with Gasteiger partial charge in [0.2, 0.25) is 12.4 Å². The van der Waals surface area contributed by atoms with Gasteiger partial charge >= 0.3 is 0 Å². The van der Waals surface area contributed by atoms with Crippen LogP contribution in [0.25, 0.3) is 11.0 Å². The monoisotopic (exact) mass is 462 g/mol. The molecule has 178 valence electrons. The van der Waals surface area contributed by atoms with Gasteiger partial charge in [0, 0.05) is 57.9 Å². The van der Waals surface area contributed by atoms with Gasteiger partial charge in [-0.15, -0.1) is 0 Å². The van der Waals surface area contributed by atoms with E-state index in [1.165, 1.54) is 0 Å². The van der Waals surface area contributed by atoms with E-state index in [-0.39, 0.29) is 11.9 Å². The molecular weight excluding hydrogens is 432 g/mol. The second-order valence-corrected chi connectivity index (χ2v) is 9.17. The van der Waals surface area contributed by atoms with Crippen LogP contribution in [0.2, 0.25) is 0 Å². The number of anilines is 3. The zero-order chi connectivity index (χ0) is 23.7. The number of amides is 2. The van der Waals surface area contributed by atoms with Crippen LogP contribution >= 0.6 is 0 Å². The van der Waals surface area contributed by atoms with Crippen molar-refractivity contribution in [1.82, 2.24) is 29.3 Å². The Morgan fingerprint density at radius 2 is 1.85 bits per heavy atom. The Morgan fingerprint density at radius 3 is 2.50 bits per heavy atom. The Balaban J connectivity index is 1.38. The third-order valence-electron chi connectivity index (χ3n) is 6.71. The fourth-order valence-electron chi connectivity index (χ4n) is 4.84. The van der Waals surface area contributed by atoms with Crippen LogP contribution < -0.4 is 10.2 Å². The number of nitrogens with one attached hydrogen (secondary N) is 1. The highest BCUT2D eigenvalue weighted by Gasteiger charge is 2.26. The van der Waals surface area contributed by atoms with Gasteiger partial charge in [-0.25, -0.2) is 9.97 Å². The van der Waals surface area contributed by atoms with Crippen LogP contribution in [0.3, 0.4) is 0 Å². The van der Waals surface area contributed by atoms with E-state index < -0.39 is 0 Å². The van der Waals surface area contributed by atoms with Crippen molar-refractivity contribution in [2.24, 2.45) is 0 Å². The van der Waals surface area contributed by atoms with E-state index in [1.54, 1.807) is 30.1 Å². The number of carbonyl (C=O) groups excluding carboxylic acids is 2. The van der Waals surface area contributed by atoms with Crippen molar-refractivity contribution in [3.8, 4) is 0 Å². The lowest BCUT2D eigenvalue weighted by molar-refractivity contribution is -0.118. The minimum atomic E-state index is -0.0226. The van der Waals surface area contributed by atoms with E-state index in [9.17, 15) is 9.59 Å². The Labute approximate surface area is 198 Å². The molecule has 1 N–H and O–H groups in total. The molecule has 1 saturated carbocycles. The standard InChI is InChI=1S/C24H30N8O2/c1-29(2)23(34)20-13-17-14-26-24(28-22(17)32(20)18-5-3-4-6-18)27-21-8-7-19(15-25-21)31-11-9-30(16-33)10-12-31/h7-8,13-16,18H,3-6,9-12H2,1-2H3,(H,25,26,27,28). The molecular formula is C24H30N8O2. The normalized spacial score (nSPS) is 16.8. The highest BCUT2D eigenvalue weighted by Crippen LogP contribution is 2.35. The van der Waals surface area contributed by atoms with Gasteiger partial charge in [-0.05, 0) is 31.0 Å². The highest BCUT2D eigenvalue weighted by atomic mass is 16.2. The molecule has 1 aliphatic carbocycles. The fourth-order valence-corrected chi connectivity index (χ4v) is 4.84. The number of aromatic nitrogens is 4. The van der Waals surface area contributed by atoms with Gasteiger partial charge < -0.3 is 24.6 Å². The predicted octanol–water partition coefficient (Wildman–Crippen LogP) is 2.67. The summed E-state index contributed by atoms with van der Waals surface area (Å²) < 4.78 is 2.10. The number of hydrogen-bond acceptors (Lipinski definition) is 7. The minimum Gasteiger partial charge on any atom is -0.367 e. The molecule has 0 unspecified atom stereocenters. The molecule has 10 nitrogen and oxygen atoms in total. The van der Waals surface area contributed by atoms with E-state index in [2.05, 4.69) is 24.8 Å². The summed E-state index contributed by atoms with van der Waals surface area (Å²) in [6, 6.07) is 6.10. The summed E-state index contributed by atoms with van der Waals surface area (Å²) in [6.07, 6.45) is 8.92. The van der Waals surface area contributed by atoms with E-state index in [4.69, 9.17) is 4.98 Å². The summed E-state index contributed by atoms with van der Waals surface area (Å²) in [5.41, 5.74) is 2.46. The molecule has 3 aromatic rings. The quantitative estimate of drug-likeness (QED) is 0.562. The van der Waals surface area contributed by atoms with Crippen LogP contribution in [0.15, 0.2) is 30.6 Å². The van der Waals surface area contributed by atoms with E-state index >= 15 is 0 Å². The van der Waals surface area contributed by atoms with Gasteiger partial charge in [0.1, 0.15) is 17.2 Å². The van der Waals surface area contributed by atoms with Crippen LogP contribution in [-0.4, -0.2) is 81.9 Å². The molecule has 5 rings (SSSR count). The largest absolute Gasteiger partial charge is 0.367 e. The van der Waals surface area contributed by atoms with Crippen molar-refractivity contribution in [3.63, 3.8) is 0 Å². The lowest BCUT2D eigenvalue weighted by atomic mass is 10.2.